The van der Waals surface area contributed by atoms with Crippen molar-refractivity contribution in [2.24, 2.45) is 0 Å². The van der Waals surface area contributed by atoms with Gasteiger partial charge in [-0.25, -0.2) is 0 Å². The molecule has 1 heteroatoms. The number of hydrogen-bond acceptors (Lipinski definition) is 1. The number of benzene rings is 1. The van der Waals surface area contributed by atoms with Gasteiger partial charge in [0.25, 0.3) is 0 Å². The smallest absolute Gasteiger partial charge is 0.0142 e. The van der Waals surface area contributed by atoms with E-state index >= 15 is 0 Å². The Morgan fingerprint density at radius 1 is 1.40 bits per heavy atom. The lowest BCUT2D eigenvalue weighted by Gasteiger charge is -1.99. The highest BCUT2D eigenvalue weighted by molar-refractivity contribution is 7.98. The van der Waals surface area contributed by atoms with Gasteiger partial charge in [0.1, 0.15) is 0 Å². The molecular weight excluding hydrogens is 140 g/mol. The van der Waals surface area contributed by atoms with Gasteiger partial charge in [0.2, 0.25) is 0 Å². The molecule has 0 heterocycles. The summed E-state index contributed by atoms with van der Waals surface area (Å²) in [4.78, 5) is 1.23. The van der Waals surface area contributed by atoms with Crippen molar-refractivity contribution in [3.63, 3.8) is 0 Å². The fraction of sp³-hybridized carbons (Fsp3) is 0.111. The predicted octanol–water partition coefficient (Wildman–Crippen LogP) is 2.85. The zero-order valence-electron chi connectivity index (χ0n) is 5.87. The summed E-state index contributed by atoms with van der Waals surface area (Å²) in [5.74, 6) is 0. The molecule has 0 aromatic heterocycles. The van der Waals surface area contributed by atoms with Crippen LogP contribution in [0, 0.1) is 6.58 Å². The van der Waals surface area contributed by atoms with Crippen molar-refractivity contribution in [3.05, 3.63) is 36.4 Å². The summed E-state index contributed by atoms with van der Waals surface area (Å²) in [6, 6.07) is 8.06. The second-order valence-electron chi connectivity index (χ2n) is 1.91. The monoisotopic (exact) mass is 149 g/mol. The lowest BCUT2D eigenvalue weighted by Crippen LogP contribution is -1.74. The van der Waals surface area contributed by atoms with Crippen LogP contribution >= 0.6 is 11.8 Å². The van der Waals surface area contributed by atoms with Crippen molar-refractivity contribution in [1.29, 1.82) is 0 Å². The van der Waals surface area contributed by atoms with Crippen LogP contribution < -0.4 is 0 Å². The quantitative estimate of drug-likeness (QED) is 0.583. The molecule has 0 amide bonds. The van der Waals surface area contributed by atoms with Gasteiger partial charge >= 0.3 is 0 Å². The van der Waals surface area contributed by atoms with E-state index in [1.165, 1.54) is 4.90 Å². The molecule has 0 aliphatic carbocycles. The topological polar surface area (TPSA) is 0 Å². The van der Waals surface area contributed by atoms with Crippen LogP contribution in [-0.2, 0) is 0 Å². The first-order chi connectivity index (χ1) is 4.88. The highest BCUT2D eigenvalue weighted by atomic mass is 32.2. The summed E-state index contributed by atoms with van der Waals surface area (Å²) < 4.78 is 0. The van der Waals surface area contributed by atoms with Gasteiger partial charge < -0.3 is 0 Å². The molecule has 0 atom stereocenters. The maximum Gasteiger partial charge on any atom is 0.0142 e. The van der Waals surface area contributed by atoms with Gasteiger partial charge in [0.15, 0.2) is 0 Å². The molecule has 0 saturated carbocycles. The molecule has 0 saturated heterocycles. The minimum atomic E-state index is 1.11. The van der Waals surface area contributed by atoms with Gasteiger partial charge in [-0.3, -0.25) is 0 Å². The van der Waals surface area contributed by atoms with Crippen LogP contribution in [-0.4, -0.2) is 6.26 Å². The van der Waals surface area contributed by atoms with Crippen molar-refractivity contribution in [2.75, 3.05) is 6.26 Å². The van der Waals surface area contributed by atoms with E-state index in [2.05, 4.69) is 6.07 Å². The molecule has 1 radical (unpaired) electrons. The first-order valence-electron chi connectivity index (χ1n) is 3.06. The SMILES string of the molecule is [CH]=Cc1ccccc1SC. The second kappa shape index (κ2) is 3.47. The Kier molecular flexibility index (Phi) is 2.57. The van der Waals surface area contributed by atoms with Gasteiger partial charge in [-0.15, -0.1) is 11.8 Å². The van der Waals surface area contributed by atoms with Crippen LogP contribution in [0.25, 0.3) is 6.08 Å². The van der Waals surface area contributed by atoms with Crippen molar-refractivity contribution >= 4 is 17.8 Å². The maximum absolute atomic E-state index is 5.39. The Bertz CT molecular complexity index is 228. The van der Waals surface area contributed by atoms with Crippen molar-refractivity contribution in [2.45, 2.75) is 4.90 Å². The van der Waals surface area contributed by atoms with E-state index in [4.69, 9.17) is 6.58 Å². The molecule has 0 unspecified atom stereocenters. The Labute approximate surface area is 66.0 Å². The zero-order chi connectivity index (χ0) is 7.40. The van der Waals surface area contributed by atoms with Gasteiger partial charge in [-0.1, -0.05) is 30.9 Å². The average Bonchev–Trinajstić information content (AvgIpc) is 2.04. The van der Waals surface area contributed by atoms with Gasteiger partial charge in [-0.05, 0) is 17.9 Å². The molecule has 0 nitrogen and oxygen atoms in total. The molecule has 0 N–H and O–H groups in total. The summed E-state index contributed by atoms with van der Waals surface area (Å²) in [7, 11) is 0. The van der Waals surface area contributed by atoms with Crippen molar-refractivity contribution in [1.82, 2.24) is 0 Å². The zero-order valence-corrected chi connectivity index (χ0v) is 6.69. The fourth-order valence-electron chi connectivity index (χ4n) is 0.804. The van der Waals surface area contributed by atoms with Gasteiger partial charge in [0.05, 0.1) is 0 Å². The molecule has 0 spiro atoms. The van der Waals surface area contributed by atoms with E-state index in [0.717, 1.165) is 5.56 Å². The lowest BCUT2D eigenvalue weighted by atomic mass is 10.2. The summed E-state index contributed by atoms with van der Waals surface area (Å²) in [5.41, 5.74) is 1.11. The first-order valence-corrected chi connectivity index (χ1v) is 4.29. The standard InChI is InChI=1S/C9H9S/c1-3-8-6-4-5-7-9(8)10-2/h1,3-7H,2H3. The Morgan fingerprint density at radius 3 is 2.60 bits per heavy atom. The van der Waals surface area contributed by atoms with E-state index < -0.39 is 0 Å². The molecule has 10 heavy (non-hydrogen) atoms. The van der Waals surface area contributed by atoms with Crippen LogP contribution in [0.15, 0.2) is 29.2 Å². The third-order valence-electron chi connectivity index (χ3n) is 1.32. The summed E-state index contributed by atoms with van der Waals surface area (Å²) in [6.07, 6.45) is 3.67. The van der Waals surface area contributed by atoms with Crippen LogP contribution in [0.2, 0.25) is 0 Å². The van der Waals surface area contributed by atoms with Gasteiger partial charge in [0, 0.05) is 4.90 Å². The van der Waals surface area contributed by atoms with E-state index in [1.54, 1.807) is 17.8 Å². The maximum atomic E-state index is 5.39. The van der Waals surface area contributed by atoms with E-state index in [9.17, 15) is 0 Å². The highest BCUT2D eigenvalue weighted by Crippen LogP contribution is 2.19. The third kappa shape index (κ3) is 1.42. The number of thioether (sulfide) groups is 1. The normalized spacial score (nSPS) is 9.30. The molecule has 1 aromatic rings. The van der Waals surface area contributed by atoms with Gasteiger partial charge in [-0.2, -0.15) is 0 Å². The van der Waals surface area contributed by atoms with Crippen molar-refractivity contribution in [3.8, 4) is 0 Å². The predicted molar refractivity (Wildman–Crippen MR) is 47.0 cm³/mol. The van der Waals surface area contributed by atoms with Crippen LogP contribution in [0.4, 0.5) is 0 Å². The minimum Gasteiger partial charge on any atom is -0.129 e. The molecular formula is C9H9S. The largest absolute Gasteiger partial charge is 0.129 e. The van der Waals surface area contributed by atoms with Crippen LogP contribution in [0.5, 0.6) is 0 Å². The third-order valence-corrected chi connectivity index (χ3v) is 2.13. The summed E-state index contributed by atoms with van der Waals surface area (Å²) >= 11 is 1.71. The molecule has 51 valence electrons. The van der Waals surface area contributed by atoms with E-state index in [1.807, 2.05) is 24.5 Å². The average molecular weight is 149 g/mol. The molecule has 0 fully saturated rings. The highest BCUT2D eigenvalue weighted by Gasteiger charge is 1.92. The minimum absolute atomic E-state index is 1.11. The molecule has 0 bridgehead atoms. The molecule has 1 rings (SSSR count). The molecule has 0 aliphatic heterocycles. The Morgan fingerprint density at radius 2 is 2.10 bits per heavy atom. The summed E-state index contributed by atoms with van der Waals surface area (Å²) in [5, 5.41) is 0. The summed E-state index contributed by atoms with van der Waals surface area (Å²) in [6.45, 7) is 5.39. The number of rotatable bonds is 2. The first kappa shape index (κ1) is 7.42. The van der Waals surface area contributed by atoms with Crippen LogP contribution in [0.1, 0.15) is 5.56 Å². The van der Waals surface area contributed by atoms with Crippen LogP contribution in [0.3, 0.4) is 0 Å². The Balaban J connectivity index is 3.08. The fourth-order valence-corrected chi connectivity index (χ4v) is 1.39. The number of hydrogen-bond donors (Lipinski definition) is 0. The lowest BCUT2D eigenvalue weighted by molar-refractivity contribution is 1.43. The second-order valence-corrected chi connectivity index (χ2v) is 2.76. The molecule has 0 aliphatic rings. The molecule has 1 aromatic carbocycles. The van der Waals surface area contributed by atoms with Crippen molar-refractivity contribution < 1.29 is 0 Å². The van der Waals surface area contributed by atoms with E-state index in [-0.39, 0.29) is 0 Å². The Hall–Kier alpha value is -0.690. The van der Waals surface area contributed by atoms with E-state index in [0.29, 0.717) is 0 Å².